The molecule has 1 saturated heterocycles. The number of hydrogen-bond acceptors (Lipinski definition) is 7. The van der Waals surface area contributed by atoms with Gasteiger partial charge in [-0.2, -0.15) is 5.10 Å². The van der Waals surface area contributed by atoms with Gasteiger partial charge in [0.2, 0.25) is 5.95 Å². The van der Waals surface area contributed by atoms with Gasteiger partial charge in [0.05, 0.1) is 5.69 Å². The van der Waals surface area contributed by atoms with Gasteiger partial charge in [-0.15, -0.1) is 0 Å². The number of carbonyl (C=O) groups excluding carboxylic acids is 2. The number of anilines is 2. The average molecular weight is 461 g/mol. The highest BCUT2D eigenvalue weighted by atomic mass is 16.2. The van der Waals surface area contributed by atoms with E-state index in [-0.39, 0.29) is 29.2 Å². The Hall–Kier alpha value is -3.79. The van der Waals surface area contributed by atoms with E-state index in [1.54, 1.807) is 30.5 Å². The van der Waals surface area contributed by atoms with Gasteiger partial charge in [-0.05, 0) is 54.5 Å². The lowest BCUT2D eigenvalue weighted by atomic mass is 9.73. The van der Waals surface area contributed by atoms with E-state index in [0.717, 1.165) is 24.0 Å². The van der Waals surface area contributed by atoms with E-state index in [1.807, 2.05) is 4.90 Å². The number of H-pyrrole nitrogens is 1. The van der Waals surface area contributed by atoms with Crippen LogP contribution in [0.15, 0.2) is 30.5 Å². The molecule has 6 N–H and O–H groups in total. The van der Waals surface area contributed by atoms with E-state index in [2.05, 4.69) is 39.3 Å². The minimum Gasteiger partial charge on any atom is -0.368 e. The first kappa shape index (κ1) is 22.0. The summed E-state index contributed by atoms with van der Waals surface area (Å²) in [7, 11) is 0. The number of nitrogens with one attached hydrogen (secondary N) is 2. The van der Waals surface area contributed by atoms with Gasteiger partial charge in [-0.3, -0.25) is 14.7 Å². The van der Waals surface area contributed by atoms with E-state index in [9.17, 15) is 9.59 Å². The molecule has 0 bridgehead atoms. The molecule has 3 heterocycles. The van der Waals surface area contributed by atoms with E-state index in [4.69, 9.17) is 11.5 Å². The zero-order chi connectivity index (χ0) is 24.0. The predicted molar refractivity (Wildman–Crippen MR) is 128 cm³/mol. The summed E-state index contributed by atoms with van der Waals surface area (Å²) in [5, 5.41) is 10.2. The third-order valence-electron chi connectivity index (χ3n) is 6.63. The van der Waals surface area contributed by atoms with Crippen LogP contribution < -0.4 is 16.8 Å². The van der Waals surface area contributed by atoms with Crippen LogP contribution in [0.5, 0.6) is 0 Å². The molecule has 0 spiro atoms. The maximum absolute atomic E-state index is 13.2. The van der Waals surface area contributed by atoms with E-state index < -0.39 is 0 Å². The van der Waals surface area contributed by atoms with Crippen LogP contribution in [0, 0.1) is 0 Å². The standard InChI is InChI=1S/C24H28N8O2/c1-24(2)11-14-12-27-23(26)29-18(14)19-17(24)20(31-30-19)21(33)28-16-5-3-13(4-6-16)22(34)32-9-7-15(25)8-10-32/h3-6,12,15H,7-11,25H2,1-2H3,(H,28,33)(H,30,31)(H2,26,27,29). The van der Waals surface area contributed by atoms with Crippen LogP contribution >= 0.6 is 0 Å². The number of hydrogen-bond donors (Lipinski definition) is 4. The number of carbonyl (C=O) groups is 2. The van der Waals surface area contributed by atoms with Gasteiger partial charge in [0, 0.05) is 42.1 Å². The molecule has 34 heavy (non-hydrogen) atoms. The maximum atomic E-state index is 13.2. The van der Waals surface area contributed by atoms with Gasteiger partial charge in [0.25, 0.3) is 11.8 Å². The summed E-state index contributed by atoms with van der Waals surface area (Å²) in [6, 6.07) is 7.10. The molecule has 0 saturated carbocycles. The number of nitrogens with two attached hydrogens (primary N) is 2. The summed E-state index contributed by atoms with van der Waals surface area (Å²) in [5.41, 5.74) is 15.9. The highest BCUT2D eigenvalue weighted by Crippen LogP contribution is 2.42. The largest absolute Gasteiger partial charge is 0.368 e. The van der Waals surface area contributed by atoms with Crippen molar-refractivity contribution < 1.29 is 9.59 Å². The van der Waals surface area contributed by atoms with Crippen molar-refractivity contribution in [3.05, 3.63) is 52.8 Å². The number of amides is 2. The van der Waals surface area contributed by atoms with Gasteiger partial charge in [-0.1, -0.05) is 13.8 Å². The molecule has 3 aromatic rings. The third-order valence-corrected chi connectivity index (χ3v) is 6.63. The van der Waals surface area contributed by atoms with Gasteiger partial charge < -0.3 is 21.7 Å². The summed E-state index contributed by atoms with van der Waals surface area (Å²) in [6.45, 7) is 5.45. The van der Waals surface area contributed by atoms with Crippen LogP contribution in [0.3, 0.4) is 0 Å². The fourth-order valence-electron chi connectivity index (χ4n) is 4.83. The molecule has 176 valence electrons. The van der Waals surface area contributed by atoms with Crippen molar-refractivity contribution in [3.8, 4) is 11.4 Å². The maximum Gasteiger partial charge on any atom is 0.273 e. The lowest BCUT2D eigenvalue weighted by molar-refractivity contribution is 0.0714. The van der Waals surface area contributed by atoms with Crippen molar-refractivity contribution in [2.75, 3.05) is 24.1 Å². The number of benzene rings is 1. The predicted octanol–water partition coefficient (Wildman–Crippen LogP) is 2.10. The number of rotatable bonds is 3. The molecule has 10 heteroatoms. The quantitative estimate of drug-likeness (QED) is 0.466. The highest BCUT2D eigenvalue weighted by molar-refractivity contribution is 6.05. The Bertz CT molecular complexity index is 1260. The second-order valence-electron chi connectivity index (χ2n) is 9.65. The van der Waals surface area contributed by atoms with Crippen molar-refractivity contribution in [1.82, 2.24) is 25.1 Å². The van der Waals surface area contributed by atoms with Crippen LogP contribution in [-0.2, 0) is 11.8 Å². The van der Waals surface area contributed by atoms with E-state index in [1.165, 1.54) is 0 Å². The summed E-state index contributed by atoms with van der Waals surface area (Å²) in [6.07, 6.45) is 4.01. The number of aromatic amines is 1. The molecular weight excluding hydrogens is 432 g/mol. The van der Waals surface area contributed by atoms with Gasteiger partial charge >= 0.3 is 0 Å². The van der Waals surface area contributed by atoms with Gasteiger partial charge in [0.1, 0.15) is 11.4 Å². The normalized spacial score (nSPS) is 17.1. The minimum absolute atomic E-state index is 0.0194. The molecule has 0 atom stereocenters. The summed E-state index contributed by atoms with van der Waals surface area (Å²) in [4.78, 5) is 36.2. The summed E-state index contributed by atoms with van der Waals surface area (Å²) >= 11 is 0. The lowest BCUT2D eigenvalue weighted by Gasteiger charge is -2.31. The zero-order valence-corrected chi connectivity index (χ0v) is 19.3. The Balaban J connectivity index is 1.35. The number of likely N-dealkylation sites (tertiary alicyclic amines) is 1. The molecule has 2 aromatic heterocycles. The number of fused-ring (bicyclic) bond motifs is 3. The lowest BCUT2D eigenvalue weighted by Crippen LogP contribution is -2.42. The second kappa shape index (κ2) is 8.21. The summed E-state index contributed by atoms with van der Waals surface area (Å²) < 4.78 is 0. The van der Waals surface area contributed by atoms with Crippen LogP contribution in [-0.4, -0.2) is 56.0 Å². The van der Waals surface area contributed by atoms with Crippen molar-refractivity contribution >= 4 is 23.5 Å². The van der Waals surface area contributed by atoms with E-state index >= 15 is 0 Å². The van der Waals surface area contributed by atoms with Crippen LogP contribution in [0.25, 0.3) is 11.4 Å². The fraction of sp³-hybridized carbons (Fsp3) is 0.375. The van der Waals surface area contributed by atoms with Crippen LogP contribution in [0.4, 0.5) is 11.6 Å². The molecule has 1 aliphatic heterocycles. The minimum atomic E-state index is -0.352. The van der Waals surface area contributed by atoms with Crippen molar-refractivity contribution in [2.45, 2.75) is 44.6 Å². The Morgan fingerprint density at radius 3 is 2.56 bits per heavy atom. The van der Waals surface area contributed by atoms with Crippen molar-refractivity contribution in [3.63, 3.8) is 0 Å². The fourth-order valence-corrected chi connectivity index (χ4v) is 4.83. The molecule has 5 rings (SSSR count). The average Bonchev–Trinajstić information content (AvgIpc) is 3.27. The number of aromatic nitrogens is 4. The molecule has 2 amide bonds. The monoisotopic (exact) mass is 460 g/mol. The highest BCUT2D eigenvalue weighted by Gasteiger charge is 2.38. The van der Waals surface area contributed by atoms with Gasteiger partial charge in [-0.25, -0.2) is 9.97 Å². The molecule has 1 aromatic carbocycles. The summed E-state index contributed by atoms with van der Waals surface area (Å²) in [5.74, 6) is -0.161. The Kier molecular flexibility index (Phi) is 5.32. The Morgan fingerprint density at radius 2 is 1.85 bits per heavy atom. The van der Waals surface area contributed by atoms with E-state index in [0.29, 0.717) is 47.8 Å². The number of piperidine rings is 1. The molecule has 1 aliphatic carbocycles. The second-order valence-corrected chi connectivity index (χ2v) is 9.65. The molecule has 0 radical (unpaired) electrons. The van der Waals surface area contributed by atoms with Crippen LogP contribution in [0.1, 0.15) is 58.7 Å². The first-order valence-electron chi connectivity index (χ1n) is 11.4. The molecular formula is C24H28N8O2. The Morgan fingerprint density at radius 1 is 1.15 bits per heavy atom. The third kappa shape index (κ3) is 3.90. The SMILES string of the molecule is CC1(C)Cc2cnc(N)nc2-c2n[nH]c(C(=O)Nc3ccc(C(=O)N4CCC(N)CC4)cc3)c21. The number of nitrogen functional groups attached to an aromatic ring is 1. The van der Waals surface area contributed by atoms with Crippen LogP contribution in [0.2, 0.25) is 0 Å². The van der Waals surface area contributed by atoms with Crippen molar-refractivity contribution in [2.24, 2.45) is 5.73 Å². The van der Waals surface area contributed by atoms with Gasteiger partial charge in [0.15, 0.2) is 0 Å². The smallest absolute Gasteiger partial charge is 0.273 e. The van der Waals surface area contributed by atoms with Crippen molar-refractivity contribution in [1.29, 1.82) is 0 Å². The Labute approximate surface area is 197 Å². The first-order chi connectivity index (χ1) is 16.2. The molecule has 2 aliphatic rings. The topological polar surface area (TPSA) is 156 Å². The molecule has 1 fully saturated rings. The molecule has 10 nitrogen and oxygen atoms in total. The number of nitrogens with zero attached hydrogens (tertiary/aromatic N) is 4. The molecule has 0 unspecified atom stereocenters. The first-order valence-corrected chi connectivity index (χ1v) is 11.4. The zero-order valence-electron chi connectivity index (χ0n) is 19.3.